The molecule has 24 heavy (non-hydrogen) atoms. The van der Waals surface area contributed by atoms with E-state index in [1.165, 1.54) is 5.56 Å². The molecule has 1 aromatic carbocycles. The first-order chi connectivity index (χ1) is 11.6. The molecule has 4 rings (SSSR count). The maximum atomic E-state index is 13.1. The molecule has 3 aromatic rings. The molecular formula is C19H20N4O. The van der Waals surface area contributed by atoms with E-state index in [4.69, 9.17) is 0 Å². The zero-order valence-corrected chi connectivity index (χ0v) is 13.9. The van der Waals surface area contributed by atoms with Gasteiger partial charge in [-0.1, -0.05) is 44.2 Å². The summed E-state index contributed by atoms with van der Waals surface area (Å²) in [6.45, 7) is 5.93. The normalized spacial score (nSPS) is 19.8. The average Bonchev–Trinajstić information content (AvgIpc) is 3.18. The number of aromatic nitrogens is 3. The maximum absolute atomic E-state index is 13.1. The molecule has 1 aliphatic heterocycles. The van der Waals surface area contributed by atoms with Gasteiger partial charge in [-0.2, -0.15) is 0 Å². The summed E-state index contributed by atoms with van der Waals surface area (Å²) in [6.07, 6.45) is 3.47. The Bertz CT molecular complexity index is 885. The Morgan fingerprint density at radius 2 is 1.96 bits per heavy atom. The summed E-state index contributed by atoms with van der Waals surface area (Å²) in [5.74, 6) is 0.361. The summed E-state index contributed by atoms with van der Waals surface area (Å²) in [5.41, 5.74) is 2.55. The van der Waals surface area contributed by atoms with Gasteiger partial charge in [-0.15, -0.1) is 10.2 Å². The van der Waals surface area contributed by atoms with Gasteiger partial charge < -0.3 is 4.90 Å². The first-order valence-electron chi connectivity index (χ1n) is 8.19. The van der Waals surface area contributed by atoms with Gasteiger partial charge in [0.25, 0.3) is 5.91 Å². The van der Waals surface area contributed by atoms with Crippen molar-refractivity contribution in [2.45, 2.75) is 19.8 Å². The molecule has 0 N–H and O–H groups in total. The highest BCUT2D eigenvalue weighted by molar-refractivity contribution is 5.99. The number of hydrogen-bond acceptors (Lipinski definition) is 3. The van der Waals surface area contributed by atoms with Gasteiger partial charge in [-0.3, -0.25) is 9.20 Å². The van der Waals surface area contributed by atoms with E-state index in [2.05, 4.69) is 48.3 Å². The summed E-state index contributed by atoms with van der Waals surface area (Å²) >= 11 is 0. The minimum absolute atomic E-state index is 0.0279. The smallest absolute Gasteiger partial charge is 0.257 e. The van der Waals surface area contributed by atoms with Crippen LogP contribution >= 0.6 is 0 Å². The predicted molar refractivity (Wildman–Crippen MR) is 91.9 cm³/mol. The van der Waals surface area contributed by atoms with E-state index < -0.39 is 0 Å². The number of likely N-dealkylation sites (tertiary alicyclic amines) is 1. The lowest BCUT2D eigenvalue weighted by Crippen LogP contribution is -2.30. The molecule has 5 nitrogen and oxygen atoms in total. The fourth-order valence-electron chi connectivity index (χ4n) is 3.72. The van der Waals surface area contributed by atoms with Crippen LogP contribution < -0.4 is 0 Å². The monoisotopic (exact) mass is 320 g/mol. The zero-order chi connectivity index (χ0) is 16.7. The van der Waals surface area contributed by atoms with Crippen molar-refractivity contribution in [3.63, 3.8) is 0 Å². The number of benzene rings is 1. The molecule has 1 aliphatic rings. The molecule has 0 spiro atoms. The van der Waals surface area contributed by atoms with Crippen LogP contribution in [0.5, 0.6) is 0 Å². The molecule has 122 valence electrons. The number of carbonyl (C=O) groups is 1. The third kappa shape index (κ3) is 2.37. The summed E-state index contributed by atoms with van der Waals surface area (Å²) < 4.78 is 1.78. The molecule has 0 aliphatic carbocycles. The highest BCUT2D eigenvalue weighted by Gasteiger charge is 2.42. The predicted octanol–water partition coefficient (Wildman–Crippen LogP) is 3.00. The molecule has 0 radical (unpaired) electrons. The number of hydrogen-bond donors (Lipinski definition) is 0. The molecule has 1 atom stereocenters. The number of pyridine rings is 1. The molecule has 1 amide bonds. The van der Waals surface area contributed by atoms with Crippen LogP contribution in [0.3, 0.4) is 0 Å². The topological polar surface area (TPSA) is 50.5 Å². The van der Waals surface area contributed by atoms with E-state index in [1.54, 1.807) is 10.7 Å². The fourth-order valence-corrected chi connectivity index (χ4v) is 3.72. The lowest BCUT2D eigenvalue weighted by Gasteiger charge is -2.25. The van der Waals surface area contributed by atoms with Crippen LogP contribution in [0.1, 0.15) is 35.7 Å². The van der Waals surface area contributed by atoms with Crippen LogP contribution in [0.2, 0.25) is 0 Å². The van der Waals surface area contributed by atoms with Crippen LogP contribution in [0.4, 0.5) is 0 Å². The molecule has 0 saturated carbocycles. The lowest BCUT2D eigenvalue weighted by atomic mass is 9.78. The molecule has 1 fully saturated rings. The molecule has 3 heterocycles. The van der Waals surface area contributed by atoms with Crippen molar-refractivity contribution >= 4 is 11.6 Å². The Balaban J connectivity index is 1.66. The number of amides is 1. The first-order valence-corrected chi connectivity index (χ1v) is 8.19. The average molecular weight is 320 g/mol. The number of nitrogens with zero attached hydrogens (tertiary/aromatic N) is 4. The zero-order valence-electron chi connectivity index (χ0n) is 13.9. The summed E-state index contributed by atoms with van der Waals surface area (Å²) in [5, 5.41) is 7.99. The third-order valence-electron chi connectivity index (χ3n) is 4.99. The Labute approximate surface area is 140 Å². The second-order valence-corrected chi connectivity index (χ2v) is 7.12. The van der Waals surface area contributed by atoms with Gasteiger partial charge in [0, 0.05) is 25.2 Å². The Morgan fingerprint density at radius 3 is 2.75 bits per heavy atom. The van der Waals surface area contributed by atoms with Crippen molar-refractivity contribution in [1.29, 1.82) is 0 Å². The molecule has 1 saturated heterocycles. The number of rotatable bonds is 2. The highest BCUT2D eigenvalue weighted by Crippen LogP contribution is 2.42. The molecule has 2 aromatic heterocycles. The van der Waals surface area contributed by atoms with Gasteiger partial charge in [-0.25, -0.2) is 0 Å². The van der Waals surface area contributed by atoms with Crippen LogP contribution in [0.15, 0.2) is 55.0 Å². The quantitative estimate of drug-likeness (QED) is 0.729. The van der Waals surface area contributed by atoms with Gasteiger partial charge in [-0.05, 0) is 23.1 Å². The first kappa shape index (κ1) is 14.9. The van der Waals surface area contributed by atoms with Gasteiger partial charge in [0.15, 0.2) is 5.65 Å². The Morgan fingerprint density at radius 1 is 1.17 bits per heavy atom. The second-order valence-electron chi connectivity index (χ2n) is 7.12. The third-order valence-corrected chi connectivity index (χ3v) is 4.99. The van der Waals surface area contributed by atoms with Crippen molar-refractivity contribution in [1.82, 2.24) is 19.5 Å². The fraction of sp³-hybridized carbons (Fsp3) is 0.316. The molecular weight excluding hydrogens is 300 g/mol. The van der Waals surface area contributed by atoms with E-state index in [0.29, 0.717) is 17.1 Å². The summed E-state index contributed by atoms with van der Waals surface area (Å²) in [6, 6.07) is 14.1. The molecule has 5 heteroatoms. The van der Waals surface area contributed by atoms with E-state index in [-0.39, 0.29) is 11.3 Å². The summed E-state index contributed by atoms with van der Waals surface area (Å²) in [4.78, 5) is 15.0. The summed E-state index contributed by atoms with van der Waals surface area (Å²) in [7, 11) is 0. The van der Waals surface area contributed by atoms with Crippen molar-refractivity contribution in [3.05, 3.63) is 66.1 Å². The van der Waals surface area contributed by atoms with E-state index in [0.717, 1.165) is 13.1 Å². The highest BCUT2D eigenvalue weighted by atomic mass is 16.2. The van der Waals surface area contributed by atoms with E-state index >= 15 is 0 Å². The second kappa shape index (κ2) is 5.44. The number of fused-ring (bicyclic) bond motifs is 1. The minimum Gasteiger partial charge on any atom is -0.337 e. The van der Waals surface area contributed by atoms with Crippen molar-refractivity contribution < 1.29 is 4.79 Å². The Kier molecular flexibility index (Phi) is 3.37. The standard InChI is InChI=1S/C19H20N4O/c1-19(2)12-23(11-16(19)14-7-4-3-5-8-14)18(24)15-9-6-10-22-13-20-21-17(15)22/h3-10,13,16H,11-12H2,1-2H3/t16-/m1/s1. The molecule has 0 bridgehead atoms. The van der Waals surface area contributed by atoms with Crippen molar-refractivity contribution in [2.24, 2.45) is 5.41 Å². The lowest BCUT2D eigenvalue weighted by molar-refractivity contribution is 0.0779. The van der Waals surface area contributed by atoms with E-state index in [1.807, 2.05) is 29.3 Å². The van der Waals surface area contributed by atoms with Crippen LogP contribution in [0, 0.1) is 5.41 Å². The van der Waals surface area contributed by atoms with Crippen LogP contribution in [-0.4, -0.2) is 38.5 Å². The minimum atomic E-state index is 0.0279. The van der Waals surface area contributed by atoms with Gasteiger partial charge in [0.05, 0.1) is 5.56 Å². The van der Waals surface area contributed by atoms with Gasteiger partial charge >= 0.3 is 0 Å². The Hall–Kier alpha value is -2.69. The molecule has 0 unspecified atom stereocenters. The SMILES string of the molecule is CC1(C)CN(C(=O)c2cccn3cnnc23)C[C@@H]1c1ccccc1. The van der Waals surface area contributed by atoms with Crippen molar-refractivity contribution in [2.75, 3.05) is 13.1 Å². The maximum Gasteiger partial charge on any atom is 0.257 e. The number of carbonyl (C=O) groups excluding carboxylic acids is 1. The van der Waals surface area contributed by atoms with Crippen molar-refractivity contribution in [3.8, 4) is 0 Å². The van der Waals surface area contributed by atoms with Gasteiger partial charge in [0.1, 0.15) is 6.33 Å². The van der Waals surface area contributed by atoms with Crippen LogP contribution in [0.25, 0.3) is 5.65 Å². The van der Waals surface area contributed by atoms with Crippen LogP contribution in [-0.2, 0) is 0 Å². The van der Waals surface area contributed by atoms with Gasteiger partial charge in [0.2, 0.25) is 0 Å². The largest absolute Gasteiger partial charge is 0.337 e. The van der Waals surface area contributed by atoms with E-state index in [9.17, 15) is 4.79 Å².